The highest BCUT2D eigenvalue weighted by Crippen LogP contribution is 2.23. The Labute approximate surface area is 118 Å². The molecule has 0 saturated carbocycles. The van der Waals surface area contributed by atoms with E-state index in [0.717, 1.165) is 22.7 Å². The van der Waals surface area contributed by atoms with Gasteiger partial charge in [-0.25, -0.2) is 4.99 Å². The molecule has 0 amide bonds. The van der Waals surface area contributed by atoms with Gasteiger partial charge in [0.25, 0.3) is 0 Å². The van der Waals surface area contributed by atoms with Crippen LogP contribution in [0.15, 0.2) is 47.6 Å². The van der Waals surface area contributed by atoms with Crippen LogP contribution in [0.1, 0.15) is 12.5 Å². The number of thioether (sulfide) groups is 1. The summed E-state index contributed by atoms with van der Waals surface area (Å²) in [5, 5.41) is 0.594. The van der Waals surface area contributed by atoms with Gasteiger partial charge in [0, 0.05) is 11.8 Å². The average molecular weight is 271 g/mol. The Hall–Kier alpha value is -1.81. The van der Waals surface area contributed by atoms with Gasteiger partial charge < -0.3 is 5.73 Å². The maximum Gasteiger partial charge on any atom is 0.159 e. The maximum absolute atomic E-state index is 5.83. The fourth-order valence-electron chi connectivity index (χ4n) is 1.74. The van der Waals surface area contributed by atoms with E-state index >= 15 is 0 Å². The zero-order valence-electron chi connectivity index (χ0n) is 11.1. The van der Waals surface area contributed by atoms with E-state index in [2.05, 4.69) is 29.9 Å². The van der Waals surface area contributed by atoms with Crippen molar-refractivity contribution in [1.29, 1.82) is 0 Å². The van der Waals surface area contributed by atoms with E-state index < -0.39 is 0 Å². The number of benzene rings is 1. The highest BCUT2D eigenvalue weighted by molar-refractivity contribution is 8.13. The molecule has 0 spiro atoms. The third-order valence-corrected chi connectivity index (χ3v) is 3.26. The van der Waals surface area contributed by atoms with Crippen molar-refractivity contribution in [3.8, 4) is 11.3 Å². The van der Waals surface area contributed by atoms with E-state index in [9.17, 15) is 0 Å². The first-order chi connectivity index (χ1) is 9.19. The summed E-state index contributed by atoms with van der Waals surface area (Å²) < 4.78 is 0. The van der Waals surface area contributed by atoms with Crippen LogP contribution in [-0.4, -0.2) is 15.9 Å². The SMILES string of the molecule is CCSC(N)=Nc1cccc(-c2cc(C)ccn2)c1. The molecule has 1 heterocycles. The standard InChI is InChI=1S/C15H17N3S/c1-3-19-15(16)18-13-6-4-5-12(10-13)14-9-11(2)7-8-17-14/h4-10H,3H2,1-2H3,(H2,16,18). The van der Waals surface area contributed by atoms with Gasteiger partial charge in [0.05, 0.1) is 11.4 Å². The van der Waals surface area contributed by atoms with E-state index in [1.165, 1.54) is 5.56 Å². The summed E-state index contributed by atoms with van der Waals surface area (Å²) in [5.41, 5.74) is 9.89. The molecule has 0 aliphatic heterocycles. The van der Waals surface area contributed by atoms with Gasteiger partial charge >= 0.3 is 0 Å². The molecule has 3 nitrogen and oxygen atoms in total. The summed E-state index contributed by atoms with van der Waals surface area (Å²) >= 11 is 1.54. The molecule has 2 rings (SSSR count). The predicted molar refractivity (Wildman–Crippen MR) is 83.8 cm³/mol. The second kappa shape index (κ2) is 6.38. The van der Waals surface area contributed by atoms with Crippen molar-refractivity contribution in [3.63, 3.8) is 0 Å². The number of nitrogens with two attached hydrogens (primary N) is 1. The minimum absolute atomic E-state index is 0.594. The summed E-state index contributed by atoms with van der Waals surface area (Å²) in [4.78, 5) is 8.77. The van der Waals surface area contributed by atoms with Crippen molar-refractivity contribution >= 4 is 22.6 Å². The fourth-order valence-corrected chi connectivity index (χ4v) is 2.20. The second-order valence-corrected chi connectivity index (χ2v) is 5.44. The lowest BCUT2D eigenvalue weighted by Gasteiger charge is -2.04. The quantitative estimate of drug-likeness (QED) is 0.683. The van der Waals surface area contributed by atoms with Gasteiger partial charge in [0.15, 0.2) is 5.17 Å². The first-order valence-corrected chi connectivity index (χ1v) is 7.17. The van der Waals surface area contributed by atoms with Crippen LogP contribution in [-0.2, 0) is 0 Å². The van der Waals surface area contributed by atoms with Gasteiger partial charge in [-0.2, -0.15) is 0 Å². The number of nitrogens with zero attached hydrogens (tertiary/aromatic N) is 2. The number of rotatable bonds is 3. The Morgan fingerprint density at radius 2 is 2.16 bits per heavy atom. The van der Waals surface area contributed by atoms with Gasteiger partial charge in [0.2, 0.25) is 0 Å². The van der Waals surface area contributed by atoms with E-state index in [-0.39, 0.29) is 0 Å². The molecule has 2 aromatic rings. The van der Waals surface area contributed by atoms with E-state index in [0.29, 0.717) is 5.17 Å². The Morgan fingerprint density at radius 1 is 1.32 bits per heavy atom. The maximum atomic E-state index is 5.83. The van der Waals surface area contributed by atoms with Gasteiger partial charge in [-0.1, -0.05) is 30.8 Å². The van der Waals surface area contributed by atoms with E-state index in [1.807, 2.05) is 36.5 Å². The summed E-state index contributed by atoms with van der Waals surface area (Å²) in [6, 6.07) is 12.0. The molecule has 1 aromatic carbocycles. The molecule has 98 valence electrons. The lowest BCUT2D eigenvalue weighted by Crippen LogP contribution is -2.05. The molecule has 0 bridgehead atoms. The number of aliphatic imine (C=N–C) groups is 1. The highest BCUT2D eigenvalue weighted by atomic mass is 32.2. The molecule has 19 heavy (non-hydrogen) atoms. The molecule has 4 heteroatoms. The monoisotopic (exact) mass is 271 g/mol. The zero-order chi connectivity index (χ0) is 13.7. The van der Waals surface area contributed by atoms with Crippen molar-refractivity contribution in [2.45, 2.75) is 13.8 Å². The third-order valence-electron chi connectivity index (χ3n) is 2.59. The summed E-state index contributed by atoms with van der Waals surface area (Å²) in [7, 11) is 0. The van der Waals surface area contributed by atoms with Crippen molar-refractivity contribution < 1.29 is 0 Å². The van der Waals surface area contributed by atoms with Crippen LogP contribution < -0.4 is 5.73 Å². The largest absolute Gasteiger partial charge is 0.378 e. The number of pyridine rings is 1. The molecule has 1 aromatic heterocycles. The molecular formula is C15H17N3S. The van der Waals surface area contributed by atoms with Crippen molar-refractivity contribution in [2.24, 2.45) is 10.7 Å². The molecule has 0 radical (unpaired) electrons. The summed E-state index contributed by atoms with van der Waals surface area (Å²) in [5.74, 6) is 0.925. The Morgan fingerprint density at radius 3 is 2.89 bits per heavy atom. The molecule has 0 fully saturated rings. The smallest absolute Gasteiger partial charge is 0.159 e. The van der Waals surface area contributed by atoms with Gasteiger partial charge in [-0.3, -0.25) is 4.98 Å². The van der Waals surface area contributed by atoms with E-state index in [4.69, 9.17) is 5.73 Å². The predicted octanol–water partition coefficient (Wildman–Crippen LogP) is 3.76. The number of hydrogen-bond donors (Lipinski definition) is 1. The Kier molecular flexibility index (Phi) is 4.58. The first-order valence-electron chi connectivity index (χ1n) is 6.19. The average Bonchev–Trinajstić information content (AvgIpc) is 2.39. The van der Waals surface area contributed by atoms with Crippen molar-refractivity contribution in [3.05, 3.63) is 48.2 Å². The summed E-state index contributed by atoms with van der Waals surface area (Å²) in [6.45, 7) is 4.11. The van der Waals surface area contributed by atoms with Crippen LogP contribution in [0.4, 0.5) is 5.69 Å². The Balaban J connectivity index is 2.32. The fraction of sp³-hybridized carbons (Fsp3) is 0.200. The van der Waals surface area contributed by atoms with Crippen LogP contribution in [0.3, 0.4) is 0 Å². The minimum Gasteiger partial charge on any atom is -0.378 e. The number of hydrogen-bond acceptors (Lipinski definition) is 3. The van der Waals surface area contributed by atoms with Crippen LogP contribution >= 0.6 is 11.8 Å². The third kappa shape index (κ3) is 3.83. The molecule has 0 saturated heterocycles. The van der Waals surface area contributed by atoms with Crippen LogP contribution in [0, 0.1) is 6.92 Å². The first kappa shape index (κ1) is 13.6. The molecule has 0 unspecified atom stereocenters. The van der Waals surface area contributed by atoms with Crippen LogP contribution in [0.2, 0.25) is 0 Å². The lowest BCUT2D eigenvalue weighted by atomic mass is 10.1. The molecular weight excluding hydrogens is 254 g/mol. The van der Waals surface area contributed by atoms with Gasteiger partial charge in [-0.05, 0) is 42.5 Å². The normalized spacial score (nSPS) is 11.6. The number of amidine groups is 1. The van der Waals surface area contributed by atoms with Crippen molar-refractivity contribution in [2.75, 3.05) is 5.75 Å². The molecule has 0 atom stereocenters. The van der Waals surface area contributed by atoms with Gasteiger partial charge in [-0.15, -0.1) is 0 Å². The van der Waals surface area contributed by atoms with Gasteiger partial charge in [0.1, 0.15) is 0 Å². The minimum atomic E-state index is 0.594. The lowest BCUT2D eigenvalue weighted by molar-refractivity contribution is 1.28. The Bertz CT molecular complexity index is 593. The molecule has 0 aliphatic rings. The molecule has 2 N–H and O–H groups in total. The van der Waals surface area contributed by atoms with Crippen molar-refractivity contribution in [1.82, 2.24) is 4.98 Å². The number of aryl methyl sites for hydroxylation is 1. The number of aromatic nitrogens is 1. The topological polar surface area (TPSA) is 51.3 Å². The van der Waals surface area contributed by atoms with Crippen LogP contribution in [0.5, 0.6) is 0 Å². The van der Waals surface area contributed by atoms with E-state index in [1.54, 1.807) is 11.8 Å². The second-order valence-electron chi connectivity index (χ2n) is 4.15. The highest BCUT2D eigenvalue weighted by Gasteiger charge is 2.01. The molecule has 0 aliphatic carbocycles. The summed E-state index contributed by atoms with van der Waals surface area (Å²) in [6.07, 6.45) is 1.82. The zero-order valence-corrected chi connectivity index (χ0v) is 11.9. The van der Waals surface area contributed by atoms with Crippen LogP contribution in [0.25, 0.3) is 11.3 Å².